The van der Waals surface area contributed by atoms with Crippen molar-refractivity contribution < 1.29 is 22.7 Å². The van der Waals surface area contributed by atoms with Gasteiger partial charge < -0.3 is 15.0 Å². The average molecular weight is 656 g/mol. The quantitative estimate of drug-likeness (QED) is 0.158. The number of amides is 2. The van der Waals surface area contributed by atoms with Gasteiger partial charge in [-0.2, -0.15) is 0 Å². The summed E-state index contributed by atoms with van der Waals surface area (Å²) in [6, 6.07) is 29.7. The third kappa shape index (κ3) is 9.23. The molecule has 0 aliphatic heterocycles. The van der Waals surface area contributed by atoms with E-state index in [1.165, 1.54) is 4.90 Å². The van der Waals surface area contributed by atoms with Gasteiger partial charge in [0, 0.05) is 19.5 Å². The van der Waals surface area contributed by atoms with Crippen molar-refractivity contribution in [3.8, 4) is 5.75 Å². The Morgan fingerprint density at radius 2 is 1.51 bits per heavy atom. The molecule has 1 N–H and O–H groups in total. The molecule has 0 aliphatic rings. The predicted octanol–water partition coefficient (Wildman–Crippen LogP) is 6.49. The number of carbonyl (C=O) groups excluding carboxylic acids is 2. The lowest BCUT2D eigenvalue weighted by Gasteiger charge is -2.34. The molecule has 0 unspecified atom stereocenters. The fourth-order valence-electron chi connectivity index (χ4n) is 5.28. The molecule has 4 aromatic rings. The second kappa shape index (κ2) is 16.3. The van der Waals surface area contributed by atoms with E-state index in [1.54, 1.807) is 43.5 Å². The number of ether oxygens (including phenoxy) is 1. The first-order chi connectivity index (χ1) is 22.5. The van der Waals surface area contributed by atoms with Crippen LogP contribution in [0.5, 0.6) is 5.75 Å². The summed E-state index contributed by atoms with van der Waals surface area (Å²) in [5.41, 5.74) is 3.94. The summed E-state index contributed by atoms with van der Waals surface area (Å²) in [7, 11) is -2.60. The molecule has 0 bridgehead atoms. The second-order valence-corrected chi connectivity index (χ2v) is 13.8. The smallest absolute Gasteiger partial charge is 0.264 e. The highest BCUT2D eigenvalue weighted by molar-refractivity contribution is 7.92. The molecule has 4 rings (SSSR count). The van der Waals surface area contributed by atoms with Crippen molar-refractivity contribution in [1.29, 1.82) is 0 Å². The predicted molar refractivity (Wildman–Crippen MR) is 187 cm³/mol. The zero-order valence-electron chi connectivity index (χ0n) is 27.8. The molecule has 47 heavy (non-hydrogen) atoms. The van der Waals surface area contributed by atoms with Gasteiger partial charge in [-0.1, -0.05) is 93.1 Å². The summed E-state index contributed by atoms with van der Waals surface area (Å²) < 4.78 is 35.1. The van der Waals surface area contributed by atoms with Crippen LogP contribution in [0.2, 0.25) is 0 Å². The number of methoxy groups -OCH3 is 1. The third-order valence-electron chi connectivity index (χ3n) is 8.04. The third-order valence-corrected chi connectivity index (χ3v) is 9.83. The SMILES string of the molecule is CCCNC(=O)[C@@H](Cc1ccccc1)N(Cc1cccc(OC)c1)C(=O)CN(c1ccc(C(C)C)cc1)S(=O)(=O)c1ccc(C)cc1. The zero-order valence-corrected chi connectivity index (χ0v) is 28.7. The molecule has 0 saturated carbocycles. The van der Waals surface area contributed by atoms with Gasteiger partial charge in [-0.15, -0.1) is 0 Å². The van der Waals surface area contributed by atoms with Crippen molar-refractivity contribution >= 4 is 27.5 Å². The Balaban J connectivity index is 1.81. The maximum Gasteiger partial charge on any atom is 0.264 e. The van der Waals surface area contributed by atoms with Gasteiger partial charge in [-0.25, -0.2) is 8.42 Å². The minimum absolute atomic E-state index is 0.0672. The topological polar surface area (TPSA) is 96.0 Å². The molecule has 2 amide bonds. The Morgan fingerprint density at radius 1 is 0.851 bits per heavy atom. The van der Waals surface area contributed by atoms with Gasteiger partial charge >= 0.3 is 0 Å². The first-order valence-corrected chi connectivity index (χ1v) is 17.4. The van der Waals surface area contributed by atoms with Crippen LogP contribution in [0, 0.1) is 6.92 Å². The number of benzene rings is 4. The number of hydrogen-bond acceptors (Lipinski definition) is 5. The Kier molecular flexibility index (Phi) is 12.2. The molecule has 248 valence electrons. The normalized spacial score (nSPS) is 12.0. The van der Waals surface area contributed by atoms with E-state index < -0.39 is 28.5 Å². The van der Waals surface area contributed by atoms with Crippen LogP contribution in [-0.4, -0.2) is 51.4 Å². The molecule has 0 aromatic heterocycles. The number of rotatable bonds is 15. The summed E-state index contributed by atoms with van der Waals surface area (Å²) in [4.78, 5) is 30.0. The van der Waals surface area contributed by atoms with Crippen LogP contribution >= 0.6 is 0 Å². The van der Waals surface area contributed by atoms with Gasteiger partial charge in [0.15, 0.2) is 0 Å². The Bertz CT molecular complexity index is 1720. The summed E-state index contributed by atoms with van der Waals surface area (Å²) in [5, 5.41) is 2.97. The number of aryl methyl sites for hydroxylation is 1. The molecular formula is C38H45N3O5S. The fourth-order valence-corrected chi connectivity index (χ4v) is 6.69. The van der Waals surface area contributed by atoms with Crippen molar-refractivity contribution in [2.75, 3.05) is 24.5 Å². The average Bonchev–Trinajstić information content (AvgIpc) is 3.08. The molecule has 1 atom stereocenters. The first-order valence-electron chi connectivity index (χ1n) is 16.0. The molecule has 0 heterocycles. The summed E-state index contributed by atoms with van der Waals surface area (Å²) in [6.45, 7) is 7.98. The van der Waals surface area contributed by atoms with Crippen molar-refractivity contribution in [3.05, 3.63) is 125 Å². The van der Waals surface area contributed by atoms with Crippen molar-refractivity contribution in [2.24, 2.45) is 0 Å². The Hall–Kier alpha value is -4.63. The molecular weight excluding hydrogens is 611 g/mol. The molecule has 0 aliphatic carbocycles. The van der Waals surface area contributed by atoms with E-state index in [0.29, 0.717) is 18.0 Å². The van der Waals surface area contributed by atoms with Gasteiger partial charge in [-0.3, -0.25) is 13.9 Å². The van der Waals surface area contributed by atoms with E-state index in [4.69, 9.17) is 4.74 Å². The Morgan fingerprint density at radius 3 is 2.13 bits per heavy atom. The van der Waals surface area contributed by atoms with Crippen LogP contribution in [0.4, 0.5) is 5.69 Å². The lowest BCUT2D eigenvalue weighted by atomic mass is 10.0. The summed E-state index contributed by atoms with van der Waals surface area (Å²) in [5.74, 6) is 0.0375. The lowest BCUT2D eigenvalue weighted by Crippen LogP contribution is -2.53. The van der Waals surface area contributed by atoms with E-state index in [1.807, 2.05) is 80.6 Å². The van der Waals surface area contributed by atoms with Gasteiger partial charge in [0.25, 0.3) is 10.0 Å². The maximum atomic E-state index is 14.6. The molecule has 0 fully saturated rings. The van der Waals surface area contributed by atoms with Gasteiger partial charge in [0.2, 0.25) is 11.8 Å². The van der Waals surface area contributed by atoms with Crippen LogP contribution in [0.25, 0.3) is 0 Å². The number of hydrogen-bond donors (Lipinski definition) is 1. The molecule has 0 spiro atoms. The van der Waals surface area contributed by atoms with Crippen molar-refractivity contribution in [1.82, 2.24) is 10.2 Å². The number of sulfonamides is 1. The van der Waals surface area contributed by atoms with E-state index in [0.717, 1.165) is 33.0 Å². The summed E-state index contributed by atoms with van der Waals surface area (Å²) >= 11 is 0. The van der Waals surface area contributed by atoms with E-state index in [9.17, 15) is 18.0 Å². The largest absolute Gasteiger partial charge is 0.497 e. The highest BCUT2D eigenvalue weighted by Crippen LogP contribution is 2.27. The number of nitrogens with zero attached hydrogens (tertiary/aromatic N) is 2. The van der Waals surface area contributed by atoms with Crippen LogP contribution < -0.4 is 14.4 Å². The second-order valence-electron chi connectivity index (χ2n) is 11.9. The number of anilines is 1. The van der Waals surface area contributed by atoms with Crippen molar-refractivity contribution in [3.63, 3.8) is 0 Å². The molecule has 8 nitrogen and oxygen atoms in total. The minimum Gasteiger partial charge on any atom is -0.497 e. The van der Waals surface area contributed by atoms with Crippen LogP contribution in [-0.2, 0) is 32.6 Å². The summed E-state index contributed by atoms with van der Waals surface area (Å²) in [6.07, 6.45) is 0.975. The molecule has 4 aromatic carbocycles. The molecule has 9 heteroatoms. The highest BCUT2D eigenvalue weighted by atomic mass is 32.2. The van der Waals surface area contributed by atoms with E-state index in [2.05, 4.69) is 19.2 Å². The first kappa shape index (κ1) is 35.2. The lowest BCUT2D eigenvalue weighted by molar-refractivity contribution is -0.140. The van der Waals surface area contributed by atoms with Gasteiger partial charge in [0.05, 0.1) is 17.7 Å². The van der Waals surface area contributed by atoms with Gasteiger partial charge in [0.1, 0.15) is 18.3 Å². The molecule has 0 saturated heterocycles. The monoisotopic (exact) mass is 655 g/mol. The Labute approximate surface area is 279 Å². The number of carbonyl (C=O) groups is 2. The zero-order chi connectivity index (χ0) is 34.0. The van der Waals surface area contributed by atoms with Gasteiger partial charge in [-0.05, 0) is 72.4 Å². The van der Waals surface area contributed by atoms with Crippen molar-refractivity contribution in [2.45, 2.75) is 63.9 Å². The fraction of sp³-hybridized carbons (Fsp3) is 0.316. The molecule has 0 radical (unpaired) electrons. The van der Waals surface area contributed by atoms with E-state index >= 15 is 0 Å². The highest BCUT2D eigenvalue weighted by Gasteiger charge is 2.34. The maximum absolute atomic E-state index is 14.6. The standard InChI is InChI=1S/C38H45N3O5S/c1-6-23-39-38(43)36(25-30-11-8-7-9-12-30)40(26-31-13-10-14-34(24-31)46-5)37(42)27-41(33-19-17-32(18-20-33)28(2)3)47(44,45)35-21-15-29(4)16-22-35/h7-22,24,28,36H,6,23,25-27H2,1-5H3,(H,39,43)/t36-/m1/s1. The van der Waals surface area contributed by atoms with Crippen LogP contribution in [0.1, 0.15) is 55.4 Å². The van der Waals surface area contributed by atoms with E-state index in [-0.39, 0.29) is 29.7 Å². The van der Waals surface area contributed by atoms with Crippen LogP contribution in [0.3, 0.4) is 0 Å². The van der Waals surface area contributed by atoms with Crippen LogP contribution in [0.15, 0.2) is 108 Å². The number of nitrogens with one attached hydrogen (secondary N) is 1. The minimum atomic E-state index is -4.17.